The van der Waals surface area contributed by atoms with Gasteiger partial charge in [-0.1, -0.05) is 0 Å². The van der Waals surface area contributed by atoms with Gasteiger partial charge in [-0.2, -0.15) is 0 Å². The number of nitrogens with one attached hydrogen (secondary N) is 1. The second kappa shape index (κ2) is 7.44. The largest absolute Gasteiger partial charge is 0.369 e. The molecule has 0 spiro atoms. The fraction of sp³-hybridized carbons (Fsp3) is 0.529. The molecule has 2 amide bonds. The van der Waals surface area contributed by atoms with Crippen LogP contribution in [0, 0.1) is 6.92 Å². The lowest BCUT2D eigenvalue weighted by atomic mass is 10.1. The second-order valence-corrected chi connectivity index (χ2v) is 7.36. The number of hydrogen-bond donors (Lipinski definition) is 1. The summed E-state index contributed by atoms with van der Waals surface area (Å²) in [5.41, 5.74) is 3.06. The molecule has 24 heavy (non-hydrogen) atoms. The summed E-state index contributed by atoms with van der Waals surface area (Å²) in [5, 5.41) is 2.93. The van der Waals surface area contributed by atoms with Crippen molar-refractivity contribution in [3.05, 3.63) is 23.8 Å². The predicted molar refractivity (Wildman–Crippen MR) is 98.6 cm³/mol. The highest BCUT2D eigenvalue weighted by Gasteiger charge is 2.23. The zero-order valence-corrected chi connectivity index (χ0v) is 15.1. The van der Waals surface area contributed by atoms with Crippen molar-refractivity contribution >= 4 is 35.0 Å². The first-order chi connectivity index (χ1) is 11.5. The van der Waals surface area contributed by atoms with Gasteiger partial charge in [0.05, 0.1) is 11.6 Å². The van der Waals surface area contributed by atoms with Gasteiger partial charge in [0, 0.05) is 37.6 Å². The van der Waals surface area contributed by atoms with E-state index in [2.05, 4.69) is 34.3 Å². The molecule has 0 saturated carbocycles. The normalized spacial score (nSPS) is 19.0. The van der Waals surface area contributed by atoms with Crippen LogP contribution < -0.4 is 10.2 Å². The topological polar surface area (TPSA) is 55.9 Å². The van der Waals surface area contributed by atoms with Crippen LogP contribution in [0.4, 0.5) is 11.4 Å². The molecule has 0 aromatic heterocycles. The third-order valence-electron chi connectivity index (χ3n) is 4.51. The molecular formula is C17H24N4O2S. The first-order valence-corrected chi connectivity index (χ1v) is 9.38. The van der Waals surface area contributed by atoms with E-state index < -0.39 is 0 Å². The van der Waals surface area contributed by atoms with Gasteiger partial charge in [-0.15, -0.1) is 11.8 Å². The third-order valence-corrected chi connectivity index (χ3v) is 5.46. The van der Waals surface area contributed by atoms with E-state index in [0.717, 1.165) is 37.4 Å². The minimum absolute atomic E-state index is 0.0392. The van der Waals surface area contributed by atoms with Crippen LogP contribution in [0.25, 0.3) is 0 Å². The van der Waals surface area contributed by atoms with Crippen LogP contribution in [0.3, 0.4) is 0 Å². The Morgan fingerprint density at radius 2 is 2.00 bits per heavy atom. The van der Waals surface area contributed by atoms with Crippen molar-refractivity contribution < 1.29 is 9.59 Å². The van der Waals surface area contributed by atoms with Crippen LogP contribution in [0.1, 0.15) is 5.56 Å². The van der Waals surface area contributed by atoms with Crippen molar-refractivity contribution in [2.75, 3.05) is 61.6 Å². The van der Waals surface area contributed by atoms with Crippen molar-refractivity contribution in [1.29, 1.82) is 0 Å². The minimum atomic E-state index is -0.138. The number of carbonyl (C=O) groups is 2. The molecule has 0 bridgehead atoms. The Labute approximate surface area is 147 Å². The molecule has 130 valence electrons. The van der Waals surface area contributed by atoms with E-state index in [1.54, 1.807) is 16.7 Å². The number of amides is 2. The highest BCUT2D eigenvalue weighted by atomic mass is 32.2. The molecule has 1 aromatic carbocycles. The Morgan fingerprint density at radius 1 is 1.25 bits per heavy atom. The van der Waals surface area contributed by atoms with E-state index in [-0.39, 0.29) is 18.4 Å². The van der Waals surface area contributed by atoms with E-state index in [9.17, 15) is 9.59 Å². The molecule has 2 aliphatic rings. The van der Waals surface area contributed by atoms with Crippen molar-refractivity contribution in [3.63, 3.8) is 0 Å². The Balaban J connectivity index is 1.60. The van der Waals surface area contributed by atoms with Crippen LogP contribution in [-0.4, -0.2) is 73.0 Å². The molecule has 7 heteroatoms. The maximum Gasteiger partial charge on any atom is 0.244 e. The number of nitrogens with zero attached hydrogens (tertiary/aromatic N) is 3. The average Bonchev–Trinajstić information content (AvgIpc) is 2.95. The van der Waals surface area contributed by atoms with Gasteiger partial charge >= 0.3 is 0 Å². The van der Waals surface area contributed by atoms with Gasteiger partial charge in [-0.05, 0) is 37.7 Å². The molecule has 0 aliphatic carbocycles. The molecule has 1 aromatic rings. The Kier molecular flexibility index (Phi) is 5.30. The molecule has 3 rings (SSSR count). The quantitative estimate of drug-likeness (QED) is 0.887. The molecule has 2 saturated heterocycles. The molecule has 0 unspecified atom stereocenters. The van der Waals surface area contributed by atoms with E-state index in [0.29, 0.717) is 11.6 Å². The number of likely N-dealkylation sites (N-methyl/N-ethyl adjacent to an activating group) is 1. The van der Waals surface area contributed by atoms with Crippen LogP contribution in [0.5, 0.6) is 0 Å². The van der Waals surface area contributed by atoms with Crippen LogP contribution in [0.2, 0.25) is 0 Å². The number of hydrogen-bond acceptors (Lipinski definition) is 5. The lowest BCUT2D eigenvalue weighted by Gasteiger charge is -2.34. The van der Waals surface area contributed by atoms with Gasteiger partial charge in [-0.25, -0.2) is 0 Å². The molecule has 2 fully saturated rings. The summed E-state index contributed by atoms with van der Waals surface area (Å²) in [6.07, 6.45) is 0. The molecule has 2 heterocycles. The van der Waals surface area contributed by atoms with E-state index in [4.69, 9.17) is 0 Å². The number of thioether (sulfide) groups is 1. The number of aryl methyl sites for hydroxylation is 1. The van der Waals surface area contributed by atoms with E-state index in [1.165, 1.54) is 5.69 Å². The van der Waals surface area contributed by atoms with Crippen LogP contribution in [0.15, 0.2) is 18.2 Å². The summed E-state index contributed by atoms with van der Waals surface area (Å²) in [6.45, 7) is 6.32. The molecule has 1 N–H and O–H groups in total. The molecule has 6 nitrogen and oxygen atoms in total. The zero-order chi connectivity index (χ0) is 17.1. The minimum Gasteiger partial charge on any atom is -0.369 e. The monoisotopic (exact) mass is 348 g/mol. The fourth-order valence-electron chi connectivity index (χ4n) is 2.95. The Morgan fingerprint density at radius 3 is 2.62 bits per heavy atom. The number of benzene rings is 1. The molecule has 0 atom stereocenters. The number of carbonyl (C=O) groups excluding carboxylic acids is 2. The predicted octanol–water partition coefficient (Wildman–Crippen LogP) is 1.22. The van der Waals surface area contributed by atoms with Gasteiger partial charge in [0.2, 0.25) is 11.8 Å². The van der Waals surface area contributed by atoms with Gasteiger partial charge in [0.15, 0.2) is 0 Å². The Hall–Kier alpha value is -1.73. The fourth-order valence-corrected chi connectivity index (χ4v) is 3.86. The first kappa shape index (κ1) is 17.1. The van der Waals surface area contributed by atoms with Crippen molar-refractivity contribution in [2.24, 2.45) is 0 Å². The smallest absolute Gasteiger partial charge is 0.244 e. The molecule has 0 radical (unpaired) electrons. The maximum absolute atomic E-state index is 12.2. The SMILES string of the molecule is Cc1cc(N2CCN(C)CC2)ccc1NC(=O)CN1CSCC1=O. The maximum atomic E-state index is 12.2. The summed E-state index contributed by atoms with van der Waals surface area (Å²) >= 11 is 1.55. The Bertz CT molecular complexity index is 629. The van der Waals surface area contributed by atoms with Crippen molar-refractivity contribution in [1.82, 2.24) is 9.80 Å². The lowest BCUT2D eigenvalue weighted by Crippen LogP contribution is -2.44. The van der Waals surface area contributed by atoms with Gasteiger partial charge in [-0.3, -0.25) is 9.59 Å². The van der Waals surface area contributed by atoms with Gasteiger partial charge in [0.25, 0.3) is 0 Å². The molecule has 2 aliphatic heterocycles. The average molecular weight is 348 g/mol. The first-order valence-electron chi connectivity index (χ1n) is 8.22. The standard InChI is InChI=1S/C17H24N4O2S/c1-13-9-14(20-7-5-19(2)6-8-20)3-4-15(13)18-16(22)10-21-12-24-11-17(21)23/h3-4,9H,5-8,10-12H2,1-2H3,(H,18,22). The molecular weight excluding hydrogens is 324 g/mol. The van der Waals surface area contributed by atoms with E-state index >= 15 is 0 Å². The number of anilines is 2. The lowest BCUT2D eigenvalue weighted by molar-refractivity contribution is -0.130. The van der Waals surface area contributed by atoms with Crippen molar-refractivity contribution in [3.8, 4) is 0 Å². The van der Waals surface area contributed by atoms with E-state index in [1.807, 2.05) is 13.0 Å². The van der Waals surface area contributed by atoms with Crippen LogP contribution in [-0.2, 0) is 9.59 Å². The summed E-state index contributed by atoms with van der Waals surface area (Å²) in [6, 6.07) is 6.14. The van der Waals surface area contributed by atoms with Gasteiger partial charge in [0.1, 0.15) is 6.54 Å². The summed E-state index contributed by atoms with van der Waals surface area (Å²) in [7, 11) is 2.14. The number of piperazine rings is 1. The number of rotatable bonds is 4. The highest BCUT2D eigenvalue weighted by molar-refractivity contribution is 8.00. The second-order valence-electron chi connectivity index (χ2n) is 6.41. The van der Waals surface area contributed by atoms with Crippen LogP contribution >= 0.6 is 11.8 Å². The summed E-state index contributed by atoms with van der Waals surface area (Å²) in [4.78, 5) is 30.0. The van der Waals surface area contributed by atoms with Gasteiger partial charge < -0.3 is 20.0 Å². The zero-order valence-electron chi connectivity index (χ0n) is 14.2. The third kappa shape index (κ3) is 4.02. The van der Waals surface area contributed by atoms with Crippen molar-refractivity contribution in [2.45, 2.75) is 6.92 Å². The highest BCUT2D eigenvalue weighted by Crippen LogP contribution is 2.24. The summed E-state index contributed by atoms with van der Waals surface area (Å²) < 4.78 is 0. The summed E-state index contributed by atoms with van der Waals surface area (Å²) in [5.74, 6) is 0.984.